The molecule has 0 spiro atoms. The minimum atomic E-state index is 0. The first kappa shape index (κ1) is 18.7. The molecule has 6 nitrogen and oxygen atoms in total. The molecule has 3 aromatic rings. The molecular formula is C15H17Cl2N5O. The molecule has 0 aromatic carbocycles. The van der Waals surface area contributed by atoms with Crippen molar-refractivity contribution in [2.24, 2.45) is 0 Å². The molecule has 3 rings (SSSR count). The van der Waals surface area contributed by atoms with E-state index in [4.69, 9.17) is 4.74 Å². The third-order valence-electron chi connectivity index (χ3n) is 2.91. The number of halogens is 2. The molecule has 0 saturated heterocycles. The average Bonchev–Trinajstić information content (AvgIpc) is 2.95. The first-order valence-corrected chi connectivity index (χ1v) is 6.50. The molecule has 3 heterocycles. The van der Waals surface area contributed by atoms with Gasteiger partial charge in [-0.1, -0.05) is 6.07 Å². The maximum atomic E-state index is 5.08. The Kier molecular flexibility index (Phi) is 6.81. The van der Waals surface area contributed by atoms with Gasteiger partial charge in [0.25, 0.3) is 0 Å². The molecule has 0 unspecified atom stereocenters. The molecule has 1 N–H and O–H groups in total. The minimum Gasteiger partial charge on any atom is -0.495 e. The van der Waals surface area contributed by atoms with Gasteiger partial charge in [-0.15, -0.1) is 24.8 Å². The van der Waals surface area contributed by atoms with E-state index in [2.05, 4.69) is 20.4 Å². The summed E-state index contributed by atoms with van der Waals surface area (Å²) in [6, 6.07) is 9.39. The summed E-state index contributed by atoms with van der Waals surface area (Å²) in [4.78, 5) is 8.77. The van der Waals surface area contributed by atoms with Crippen LogP contribution in [0.15, 0.2) is 48.9 Å². The molecule has 8 heteroatoms. The highest BCUT2D eigenvalue weighted by Gasteiger charge is 2.03. The van der Waals surface area contributed by atoms with Crippen LogP contribution < -0.4 is 10.1 Å². The van der Waals surface area contributed by atoms with Gasteiger partial charge in [0.2, 0.25) is 0 Å². The fourth-order valence-electron chi connectivity index (χ4n) is 1.86. The Hall–Kier alpha value is -2.31. The number of ether oxygens (including phenoxy) is 1. The summed E-state index contributed by atoms with van der Waals surface area (Å²) < 4.78 is 6.82. The second kappa shape index (κ2) is 8.36. The summed E-state index contributed by atoms with van der Waals surface area (Å²) in [5.74, 6) is 2.88. The van der Waals surface area contributed by atoms with Crippen molar-refractivity contribution >= 4 is 36.4 Å². The number of aryl methyl sites for hydroxylation is 1. The van der Waals surface area contributed by atoms with Crippen LogP contribution in [0.2, 0.25) is 0 Å². The highest BCUT2D eigenvalue weighted by atomic mass is 35.5. The zero-order chi connectivity index (χ0) is 14.7. The zero-order valence-corrected chi connectivity index (χ0v) is 14.3. The standard InChI is InChI=1S/C15H15N5O.2ClH/c1-11-8-17-20(10-11)15-5-3-4-14(19-15)18-13-7-6-12(21-2)9-16-13;;/h3-10H,1-2H3,(H,16,18,19);2*1H. The molecule has 0 fully saturated rings. The fraction of sp³-hybridized carbons (Fsp3) is 0.133. The summed E-state index contributed by atoms with van der Waals surface area (Å²) >= 11 is 0. The van der Waals surface area contributed by atoms with Crippen LogP contribution in [0.1, 0.15) is 5.56 Å². The van der Waals surface area contributed by atoms with Crippen molar-refractivity contribution in [2.45, 2.75) is 6.92 Å². The van der Waals surface area contributed by atoms with Crippen LogP contribution in [0.25, 0.3) is 5.82 Å². The highest BCUT2D eigenvalue weighted by Crippen LogP contribution is 2.16. The van der Waals surface area contributed by atoms with E-state index in [1.807, 2.05) is 43.5 Å². The van der Waals surface area contributed by atoms with E-state index >= 15 is 0 Å². The van der Waals surface area contributed by atoms with Crippen molar-refractivity contribution in [1.29, 1.82) is 0 Å². The lowest BCUT2D eigenvalue weighted by Crippen LogP contribution is -2.01. The number of rotatable bonds is 4. The zero-order valence-electron chi connectivity index (χ0n) is 12.6. The van der Waals surface area contributed by atoms with Gasteiger partial charge in [-0.3, -0.25) is 0 Å². The first-order chi connectivity index (χ1) is 10.2. The Morgan fingerprint density at radius 2 is 1.87 bits per heavy atom. The van der Waals surface area contributed by atoms with Crippen LogP contribution >= 0.6 is 24.8 Å². The van der Waals surface area contributed by atoms with Crippen molar-refractivity contribution < 1.29 is 4.74 Å². The van der Waals surface area contributed by atoms with E-state index in [0.717, 1.165) is 11.4 Å². The van der Waals surface area contributed by atoms with Gasteiger partial charge in [-0.25, -0.2) is 14.6 Å². The molecule has 0 aliphatic rings. The summed E-state index contributed by atoms with van der Waals surface area (Å²) in [6.07, 6.45) is 5.38. The number of pyridine rings is 2. The van der Waals surface area contributed by atoms with Crippen molar-refractivity contribution in [3.8, 4) is 11.6 Å². The molecule has 0 bridgehead atoms. The van der Waals surface area contributed by atoms with E-state index in [1.54, 1.807) is 24.2 Å². The van der Waals surface area contributed by atoms with Crippen LogP contribution in [0.3, 0.4) is 0 Å². The number of nitrogens with zero attached hydrogens (tertiary/aromatic N) is 4. The molecule has 0 atom stereocenters. The summed E-state index contributed by atoms with van der Waals surface area (Å²) in [7, 11) is 1.61. The predicted octanol–water partition coefficient (Wildman–Crippen LogP) is 3.57. The third-order valence-corrected chi connectivity index (χ3v) is 2.91. The number of hydrogen-bond donors (Lipinski definition) is 1. The normalized spacial score (nSPS) is 9.48. The fourth-order valence-corrected chi connectivity index (χ4v) is 1.86. The second-order valence-electron chi connectivity index (χ2n) is 4.55. The molecule has 0 aliphatic heterocycles. The van der Waals surface area contributed by atoms with Gasteiger partial charge in [0.1, 0.15) is 17.4 Å². The van der Waals surface area contributed by atoms with Gasteiger partial charge in [0.15, 0.2) is 5.82 Å². The van der Waals surface area contributed by atoms with Crippen molar-refractivity contribution in [1.82, 2.24) is 19.7 Å². The Morgan fingerprint density at radius 3 is 2.48 bits per heavy atom. The molecule has 0 saturated carbocycles. The van der Waals surface area contributed by atoms with Crippen LogP contribution in [-0.2, 0) is 0 Å². The summed E-state index contributed by atoms with van der Waals surface area (Å²) in [5, 5.41) is 7.40. The largest absolute Gasteiger partial charge is 0.495 e. The molecule has 122 valence electrons. The molecule has 0 aliphatic carbocycles. The lowest BCUT2D eigenvalue weighted by atomic mass is 10.4. The third kappa shape index (κ3) is 4.58. The predicted molar refractivity (Wildman–Crippen MR) is 94.7 cm³/mol. The molecule has 0 amide bonds. The van der Waals surface area contributed by atoms with Crippen molar-refractivity contribution in [2.75, 3.05) is 12.4 Å². The average molecular weight is 354 g/mol. The number of aromatic nitrogens is 4. The van der Waals surface area contributed by atoms with E-state index in [0.29, 0.717) is 17.4 Å². The Labute approximate surface area is 146 Å². The number of hydrogen-bond acceptors (Lipinski definition) is 5. The first-order valence-electron chi connectivity index (χ1n) is 6.50. The van der Waals surface area contributed by atoms with E-state index in [-0.39, 0.29) is 24.8 Å². The van der Waals surface area contributed by atoms with Gasteiger partial charge in [-0.2, -0.15) is 5.10 Å². The lowest BCUT2D eigenvalue weighted by Gasteiger charge is -2.07. The molecular weight excluding hydrogens is 337 g/mol. The molecule has 3 aromatic heterocycles. The van der Waals surface area contributed by atoms with Gasteiger partial charge in [0.05, 0.1) is 19.5 Å². The van der Waals surface area contributed by atoms with Gasteiger partial charge >= 0.3 is 0 Å². The monoisotopic (exact) mass is 353 g/mol. The SMILES string of the molecule is COc1ccc(Nc2cccc(-n3cc(C)cn3)n2)nc1.Cl.Cl. The number of anilines is 2. The lowest BCUT2D eigenvalue weighted by molar-refractivity contribution is 0.413. The summed E-state index contributed by atoms with van der Waals surface area (Å²) in [6.45, 7) is 1.99. The van der Waals surface area contributed by atoms with Gasteiger partial charge < -0.3 is 10.1 Å². The minimum absolute atomic E-state index is 0. The van der Waals surface area contributed by atoms with Crippen LogP contribution in [0.5, 0.6) is 5.75 Å². The molecule has 23 heavy (non-hydrogen) atoms. The van der Waals surface area contributed by atoms with Crippen molar-refractivity contribution in [3.63, 3.8) is 0 Å². The smallest absolute Gasteiger partial charge is 0.155 e. The summed E-state index contributed by atoms with van der Waals surface area (Å²) in [5.41, 5.74) is 1.09. The maximum absolute atomic E-state index is 5.08. The van der Waals surface area contributed by atoms with Crippen LogP contribution in [-0.4, -0.2) is 26.9 Å². The van der Waals surface area contributed by atoms with E-state index in [9.17, 15) is 0 Å². The molecule has 0 radical (unpaired) electrons. The Morgan fingerprint density at radius 1 is 1.04 bits per heavy atom. The topological polar surface area (TPSA) is 64.9 Å². The Bertz CT molecular complexity index is 746. The number of methoxy groups -OCH3 is 1. The van der Waals surface area contributed by atoms with Gasteiger partial charge in [0, 0.05) is 6.20 Å². The van der Waals surface area contributed by atoms with E-state index in [1.165, 1.54) is 0 Å². The quantitative estimate of drug-likeness (QED) is 0.776. The van der Waals surface area contributed by atoms with Crippen molar-refractivity contribution in [3.05, 3.63) is 54.5 Å². The second-order valence-corrected chi connectivity index (χ2v) is 4.55. The van der Waals surface area contributed by atoms with Crippen LogP contribution in [0.4, 0.5) is 11.6 Å². The Balaban J connectivity index is 0.00000132. The van der Waals surface area contributed by atoms with Gasteiger partial charge in [-0.05, 0) is 36.8 Å². The highest BCUT2D eigenvalue weighted by molar-refractivity contribution is 5.85. The van der Waals surface area contributed by atoms with Crippen LogP contribution in [0, 0.1) is 6.92 Å². The van der Waals surface area contributed by atoms with E-state index < -0.39 is 0 Å². The maximum Gasteiger partial charge on any atom is 0.155 e. The number of nitrogens with one attached hydrogen (secondary N) is 1.